The molecule has 100 heavy (non-hydrogen) atoms. The van der Waals surface area contributed by atoms with Gasteiger partial charge in [0.2, 0.25) is 5.95 Å². The lowest BCUT2D eigenvalue weighted by Crippen LogP contribution is -2.03. The molecule has 0 aliphatic rings. The molecule has 20 aromatic rings. The quantitative estimate of drug-likeness (QED) is 0.124. The Hall–Kier alpha value is -13.9. The van der Waals surface area contributed by atoms with E-state index in [1.54, 1.807) is 0 Å². The van der Waals surface area contributed by atoms with Gasteiger partial charge in [-0.25, -0.2) is 44.9 Å². The second-order valence-corrected chi connectivity index (χ2v) is 25.0. The van der Waals surface area contributed by atoms with E-state index in [0.29, 0.717) is 46.5 Å². The van der Waals surface area contributed by atoms with Gasteiger partial charge in [0, 0.05) is 101 Å². The first-order chi connectivity index (χ1) is 49.6. The molecule has 0 N–H and O–H groups in total. The molecule has 0 aliphatic heterocycles. The molecule has 0 atom stereocenters. The number of nitrogens with zero attached hydrogens (tertiary/aromatic N) is 13. The molecule has 0 bridgehead atoms. The van der Waals surface area contributed by atoms with Gasteiger partial charge in [-0.2, -0.15) is 0 Å². The van der Waals surface area contributed by atoms with Crippen LogP contribution in [0.4, 0.5) is 0 Å². The Bertz CT molecular complexity index is 6550. The van der Waals surface area contributed by atoms with Gasteiger partial charge in [0.05, 0.1) is 49.7 Å². The van der Waals surface area contributed by atoms with E-state index in [4.69, 9.17) is 44.9 Å². The monoisotopic (exact) mass is 1280 g/mol. The van der Waals surface area contributed by atoms with Crippen molar-refractivity contribution in [2.45, 2.75) is 0 Å². The second kappa shape index (κ2) is 22.9. The van der Waals surface area contributed by atoms with Crippen molar-refractivity contribution in [3.8, 4) is 103 Å². The molecule has 0 spiro atoms. The molecular weight excluding hydrogens is 1230 g/mol. The van der Waals surface area contributed by atoms with Crippen molar-refractivity contribution in [2.75, 3.05) is 0 Å². The number of hydrogen-bond donors (Lipinski definition) is 0. The fraction of sp³-hybridized carbons (Fsp3) is 0. The highest BCUT2D eigenvalue weighted by atomic mass is 15.2. The van der Waals surface area contributed by atoms with Crippen LogP contribution in [0.1, 0.15) is 0 Å². The maximum atomic E-state index is 5.32. The number of hydrogen-bond acceptors (Lipinski definition) is 9. The zero-order chi connectivity index (χ0) is 65.8. The van der Waals surface area contributed by atoms with Crippen LogP contribution in [0.2, 0.25) is 0 Å². The summed E-state index contributed by atoms with van der Waals surface area (Å²) in [5.74, 6) is 4.45. The van der Waals surface area contributed by atoms with Crippen LogP contribution in [0.3, 0.4) is 0 Å². The summed E-state index contributed by atoms with van der Waals surface area (Å²) in [6.45, 7) is 0. The third kappa shape index (κ3) is 9.14. The Kier molecular flexibility index (Phi) is 12.9. The Balaban J connectivity index is 0.729. The number of pyridine rings is 1. The van der Waals surface area contributed by atoms with Crippen molar-refractivity contribution >= 4 is 87.2 Å². The number of para-hydroxylation sites is 5. The van der Waals surface area contributed by atoms with E-state index in [2.05, 4.69) is 231 Å². The van der Waals surface area contributed by atoms with Gasteiger partial charge in [-0.3, -0.25) is 9.13 Å². The summed E-state index contributed by atoms with van der Waals surface area (Å²) >= 11 is 0. The predicted molar refractivity (Wildman–Crippen MR) is 402 cm³/mol. The molecule has 0 amide bonds. The molecule has 0 unspecified atom stereocenters. The van der Waals surface area contributed by atoms with E-state index >= 15 is 0 Å². The third-order valence-corrected chi connectivity index (χ3v) is 19.2. The Morgan fingerprint density at radius 1 is 0.200 bits per heavy atom. The topological polar surface area (TPSA) is 136 Å². The lowest BCUT2D eigenvalue weighted by Gasteiger charge is -2.11. The van der Waals surface area contributed by atoms with Gasteiger partial charge < -0.3 is 9.13 Å². The molecule has 0 radical (unpaired) electrons. The van der Waals surface area contributed by atoms with E-state index in [1.807, 2.05) is 110 Å². The van der Waals surface area contributed by atoms with E-state index in [0.717, 1.165) is 133 Å². The average Bonchev–Trinajstić information content (AvgIpc) is 1.55. The van der Waals surface area contributed by atoms with Crippen LogP contribution < -0.4 is 0 Å². The van der Waals surface area contributed by atoms with Gasteiger partial charge >= 0.3 is 0 Å². The van der Waals surface area contributed by atoms with Crippen LogP contribution in [0, 0.1) is 0 Å². The van der Waals surface area contributed by atoms with Crippen molar-refractivity contribution in [3.05, 3.63) is 322 Å². The molecule has 0 aliphatic carbocycles. The maximum absolute atomic E-state index is 5.32. The first-order valence-electron chi connectivity index (χ1n) is 33.3. The highest BCUT2D eigenvalue weighted by molar-refractivity contribution is 6.29. The zero-order valence-electron chi connectivity index (χ0n) is 53.4. The number of benzene rings is 12. The van der Waals surface area contributed by atoms with Crippen molar-refractivity contribution in [2.24, 2.45) is 0 Å². The molecular formula is C87H53N13. The Labute approximate surface area is 571 Å². The highest BCUT2D eigenvalue weighted by Crippen LogP contribution is 2.45. The smallest absolute Gasteiger partial charge is 0.234 e. The van der Waals surface area contributed by atoms with E-state index in [1.165, 1.54) is 10.8 Å². The fourth-order valence-corrected chi connectivity index (χ4v) is 14.8. The summed E-state index contributed by atoms with van der Waals surface area (Å²) in [6, 6.07) is 105. The molecule has 0 fully saturated rings. The summed E-state index contributed by atoms with van der Waals surface area (Å²) in [7, 11) is 0. The first kappa shape index (κ1) is 56.4. The molecule has 466 valence electrons. The summed E-state index contributed by atoms with van der Waals surface area (Å²) in [6.07, 6.45) is 5.54. The Morgan fingerprint density at radius 2 is 0.600 bits per heavy atom. The van der Waals surface area contributed by atoms with Crippen LogP contribution in [0.15, 0.2) is 322 Å². The van der Waals surface area contributed by atoms with Crippen molar-refractivity contribution in [1.82, 2.24) is 63.1 Å². The first-order valence-corrected chi connectivity index (χ1v) is 33.3. The zero-order valence-corrected chi connectivity index (χ0v) is 53.4. The molecule has 0 saturated heterocycles. The molecule has 0 saturated carbocycles. The minimum absolute atomic E-state index is 0.449. The van der Waals surface area contributed by atoms with Crippen LogP contribution in [-0.2, 0) is 0 Å². The van der Waals surface area contributed by atoms with Crippen LogP contribution in [0.5, 0.6) is 0 Å². The van der Waals surface area contributed by atoms with E-state index < -0.39 is 0 Å². The molecule has 8 aromatic heterocycles. The molecule has 20 rings (SSSR count). The summed E-state index contributed by atoms with van der Waals surface area (Å²) in [5.41, 5.74) is 17.5. The lowest BCUT2D eigenvalue weighted by atomic mass is 9.97. The lowest BCUT2D eigenvalue weighted by molar-refractivity contribution is 0.982. The van der Waals surface area contributed by atoms with Crippen LogP contribution >= 0.6 is 0 Å². The van der Waals surface area contributed by atoms with E-state index in [-0.39, 0.29) is 0 Å². The predicted octanol–water partition coefficient (Wildman–Crippen LogP) is 20.3. The van der Waals surface area contributed by atoms with Gasteiger partial charge in [-0.05, 0) is 102 Å². The van der Waals surface area contributed by atoms with Gasteiger partial charge in [0.25, 0.3) is 0 Å². The van der Waals surface area contributed by atoms with Crippen LogP contribution in [-0.4, -0.2) is 63.1 Å². The minimum Gasteiger partial charge on any atom is -0.309 e. The molecule has 13 nitrogen and oxygen atoms in total. The third-order valence-electron chi connectivity index (χ3n) is 19.2. The van der Waals surface area contributed by atoms with Crippen molar-refractivity contribution in [1.29, 1.82) is 0 Å². The van der Waals surface area contributed by atoms with Crippen molar-refractivity contribution in [3.63, 3.8) is 0 Å². The van der Waals surface area contributed by atoms with Crippen LogP contribution in [0.25, 0.3) is 190 Å². The fourth-order valence-electron chi connectivity index (χ4n) is 14.8. The number of rotatable bonds is 11. The summed E-state index contributed by atoms with van der Waals surface area (Å²) < 4.78 is 9.18. The maximum Gasteiger partial charge on any atom is 0.234 e. The van der Waals surface area contributed by atoms with Gasteiger partial charge in [-0.15, -0.1) is 0 Å². The standard InChI is InChI=1S/C87H53N13/c1-6-24-54(25-7-1)81-91-82(55-26-8-2-9-27-55)94-85(93-81)59-44-47-77(88-51-59)99-72-43-23-39-63(78(72)68-49-67-64-36-16-19-40-69(64)98(75(67)50-76(68)99)62-34-14-5-15-35-62)57-30-22-31-58(48-57)84-92-83(56-28-10-3-11-29-56)95-86(96-84)60-52-89-87(90-53-60)100-71-42-21-18-38-66(71)80-74(100)46-45-73-79(80)65-37-17-20-41-70(65)97(73)61-32-12-4-13-33-61/h1-53H. The number of aromatic nitrogens is 13. The largest absolute Gasteiger partial charge is 0.309 e. The summed E-state index contributed by atoms with van der Waals surface area (Å²) in [5, 5.41) is 9.06. The average molecular weight is 1280 g/mol. The van der Waals surface area contributed by atoms with Gasteiger partial charge in [0.1, 0.15) is 5.82 Å². The normalized spacial score (nSPS) is 11.8. The SMILES string of the molecule is c1ccc(-c2nc(-c3ccccc3)nc(-c3ccc(-n4c5cc6c(cc5c5c(-c7cccc(-c8nc(-c9ccccc9)nc(-c9cnc(-n%10c%11ccccc%11c%11c%12c%13ccccc%13n(-c%13ccccc%13)c%12ccc%11%10)nc9)n8)c7)cccc54)c4ccccc4n6-c4ccccc4)nc3)n2)cc1. The minimum atomic E-state index is 0.449. The molecule has 8 heterocycles. The Morgan fingerprint density at radius 3 is 1.16 bits per heavy atom. The number of fused-ring (bicyclic) bond motifs is 13. The summed E-state index contributed by atoms with van der Waals surface area (Å²) in [4.78, 5) is 46.4. The van der Waals surface area contributed by atoms with Crippen molar-refractivity contribution < 1.29 is 0 Å². The van der Waals surface area contributed by atoms with Gasteiger partial charge in [0.15, 0.2) is 34.9 Å². The second-order valence-electron chi connectivity index (χ2n) is 25.0. The van der Waals surface area contributed by atoms with Gasteiger partial charge in [-0.1, -0.05) is 212 Å². The molecule has 13 heteroatoms. The highest BCUT2D eigenvalue weighted by Gasteiger charge is 2.25. The molecule has 12 aromatic carbocycles. The van der Waals surface area contributed by atoms with E-state index in [9.17, 15) is 0 Å².